The van der Waals surface area contributed by atoms with E-state index >= 15 is 0 Å². The van der Waals surface area contributed by atoms with E-state index in [2.05, 4.69) is 35.9 Å². The summed E-state index contributed by atoms with van der Waals surface area (Å²) in [6.45, 7) is 0. The molecule has 0 radical (unpaired) electrons. The van der Waals surface area contributed by atoms with Crippen molar-refractivity contribution in [2.75, 3.05) is 0 Å². The van der Waals surface area contributed by atoms with Crippen molar-refractivity contribution in [1.82, 2.24) is 4.57 Å². The first-order valence-electron chi connectivity index (χ1n) is 9.52. The third-order valence-electron chi connectivity index (χ3n) is 5.99. The molecule has 0 spiro atoms. The molecule has 0 saturated carbocycles. The van der Waals surface area contributed by atoms with E-state index in [0.717, 1.165) is 38.7 Å². The molecule has 4 heteroatoms. The summed E-state index contributed by atoms with van der Waals surface area (Å²) in [7, 11) is -1.42. The first kappa shape index (κ1) is 16.6. The topological polar surface area (TPSA) is 39.1 Å². The highest BCUT2D eigenvalue weighted by Crippen LogP contribution is 2.45. The fourth-order valence-electron chi connectivity index (χ4n) is 4.63. The van der Waals surface area contributed by atoms with Gasteiger partial charge in [0, 0.05) is 40.0 Å². The maximum Gasteiger partial charge on any atom is 0.207 e. The summed E-state index contributed by atoms with van der Waals surface area (Å²) >= 11 is 0. The van der Waals surface area contributed by atoms with Gasteiger partial charge in [-0.15, -0.1) is 0 Å². The fourth-order valence-corrected chi connectivity index (χ4v) is 6.34. The number of sulfone groups is 1. The van der Waals surface area contributed by atoms with Crippen LogP contribution in [0.1, 0.15) is 0 Å². The second-order valence-corrected chi connectivity index (χ2v) is 9.37. The molecular weight excluding hydrogens is 378 g/mol. The van der Waals surface area contributed by atoms with Crippen molar-refractivity contribution >= 4 is 31.6 Å². The molecular formula is C25H17NO2S. The second kappa shape index (κ2) is 5.58. The van der Waals surface area contributed by atoms with Gasteiger partial charge in [-0.25, -0.2) is 8.42 Å². The van der Waals surface area contributed by atoms with Crippen molar-refractivity contribution in [3.05, 3.63) is 84.9 Å². The Labute approximate surface area is 168 Å². The highest BCUT2D eigenvalue weighted by atomic mass is 32.2. The Bertz CT molecular complexity index is 1580. The largest absolute Gasteiger partial charge is 0.344 e. The lowest BCUT2D eigenvalue weighted by atomic mass is 9.97. The molecule has 0 amide bonds. The smallest absolute Gasteiger partial charge is 0.207 e. The van der Waals surface area contributed by atoms with E-state index in [1.807, 2.05) is 48.5 Å². The van der Waals surface area contributed by atoms with E-state index < -0.39 is 9.84 Å². The molecule has 0 unspecified atom stereocenters. The Hall–Kier alpha value is -3.37. The average molecular weight is 395 g/mol. The van der Waals surface area contributed by atoms with E-state index in [1.54, 1.807) is 12.1 Å². The molecule has 1 aliphatic rings. The number of fused-ring (bicyclic) bond motifs is 6. The molecule has 1 aromatic heterocycles. The number of hydrogen-bond acceptors (Lipinski definition) is 2. The minimum Gasteiger partial charge on any atom is -0.344 e. The van der Waals surface area contributed by atoms with Crippen molar-refractivity contribution in [3.8, 4) is 22.3 Å². The van der Waals surface area contributed by atoms with Crippen molar-refractivity contribution in [3.63, 3.8) is 0 Å². The van der Waals surface area contributed by atoms with Gasteiger partial charge in [0.2, 0.25) is 9.84 Å². The lowest BCUT2D eigenvalue weighted by Gasteiger charge is -2.08. The van der Waals surface area contributed by atoms with Crippen LogP contribution in [0.25, 0.3) is 44.1 Å². The third kappa shape index (κ3) is 2.09. The Morgan fingerprint density at radius 3 is 2.24 bits per heavy atom. The SMILES string of the molecule is Cn1c2ccccc2c2c(-c3ccc4c(c3)S(=O)(=O)c3ccccc3-4)cccc21. The highest BCUT2D eigenvalue weighted by Gasteiger charge is 2.32. The van der Waals surface area contributed by atoms with Gasteiger partial charge >= 0.3 is 0 Å². The van der Waals surface area contributed by atoms with Crippen LogP contribution in [0.5, 0.6) is 0 Å². The molecule has 1 aliphatic heterocycles. The van der Waals surface area contributed by atoms with Crippen molar-refractivity contribution in [2.24, 2.45) is 7.05 Å². The van der Waals surface area contributed by atoms with Gasteiger partial charge in [-0.1, -0.05) is 60.7 Å². The minimum absolute atomic E-state index is 0.397. The number of benzene rings is 4. The Balaban J connectivity index is 1.68. The minimum atomic E-state index is -3.49. The van der Waals surface area contributed by atoms with E-state index in [1.165, 1.54) is 5.39 Å². The van der Waals surface area contributed by atoms with Gasteiger partial charge in [-0.3, -0.25) is 0 Å². The van der Waals surface area contributed by atoms with Gasteiger partial charge in [0.15, 0.2) is 0 Å². The summed E-state index contributed by atoms with van der Waals surface area (Å²) in [4.78, 5) is 0.795. The molecule has 0 N–H and O–H groups in total. The molecule has 6 rings (SSSR count). The second-order valence-electron chi connectivity index (χ2n) is 7.49. The summed E-state index contributed by atoms with van der Waals surface area (Å²) in [6.07, 6.45) is 0. The van der Waals surface area contributed by atoms with Gasteiger partial charge in [-0.05, 0) is 35.4 Å². The summed E-state index contributed by atoms with van der Waals surface area (Å²) in [6, 6.07) is 27.6. The molecule has 5 aromatic rings. The summed E-state index contributed by atoms with van der Waals surface area (Å²) in [5, 5.41) is 2.32. The highest BCUT2D eigenvalue weighted by molar-refractivity contribution is 7.92. The van der Waals surface area contributed by atoms with Gasteiger partial charge in [0.1, 0.15) is 0 Å². The van der Waals surface area contributed by atoms with Crippen LogP contribution in [0, 0.1) is 0 Å². The van der Waals surface area contributed by atoms with Crippen LogP contribution in [0.15, 0.2) is 94.7 Å². The molecule has 0 aliphatic carbocycles. The molecule has 29 heavy (non-hydrogen) atoms. The summed E-state index contributed by atoms with van der Waals surface area (Å²) < 4.78 is 28.5. The van der Waals surface area contributed by atoms with Crippen molar-refractivity contribution in [2.45, 2.75) is 9.79 Å². The molecule has 4 aromatic carbocycles. The Morgan fingerprint density at radius 1 is 0.655 bits per heavy atom. The summed E-state index contributed by atoms with van der Waals surface area (Å²) in [5.41, 5.74) is 5.84. The van der Waals surface area contributed by atoms with Crippen LogP contribution >= 0.6 is 0 Å². The number of aryl methyl sites for hydroxylation is 1. The van der Waals surface area contributed by atoms with Crippen LogP contribution < -0.4 is 0 Å². The number of hydrogen-bond donors (Lipinski definition) is 0. The average Bonchev–Trinajstić information content (AvgIpc) is 3.18. The van der Waals surface area contributed by atoms with Crippen LogP contribution in [-0.2, 0) is 16.9 Å². The number of aromatic nitrogens is 1. The number of para-hydroxylation sites is 1. The van der Waals surface area contributed by atoms with Gasteiger partial charge in [-0.2, -0.15) is 0 Å². The van der Waals surface area contributed by atoms with Gasteiger partial charge in [0.25, 0.3) is 0 Å². The van der Waals surface area contributed by atoms with Crippen molar-refractivity contribution < 1.29 is 8.42 Å². The molecule has 0 saturated heterocycles. The molecule has 2 heterocycles. The number of rotatable bonds is 1. The fraction of sp³-hybridized carbons (Fsp3) is 0.0400. The molecule has 3 nitrogen and oxygen atoms in total. The van der Waals surface area contributed by atoms with E-state index in [0.29, 0.717) is 9.79 Å². The van der Waals surface area contributed by atoms with Crippen LogP contribution in [0.2, 0.25) is 0 Å². The first-order valence-corrected chi connectivity index (χ1v) is 11.0. The lowest BCUT2D eigenvalue weighted by molar-refractivity contribution is 0.598. The predicted octanol–water partition coefficient (Wildman–Crippen LogP) is 5.81. The first-order chi connectivity index (χ1) is 14.1. The van der Waals surface area contributed by atoms with Crippen LogP contribution in [0.3, 0.4) is 0 Å². The Kier molecular flexibility index (Phi) is 3.19. The van der Waals surface area contributed by atoms with Gasteiger partial charge < -0.3 is 4.57 Å². The van der Waals surface area contributed by atoms with E-state index in [9.17, 15) is 8.42 Å². The standard InChI is InChI=1S/C25H17NO2S/c1-26-21-10-4-2-8-20(21)25-17(9-6-11-22(25)26)16-13-14-19-18-7-3-5-12-23(18)29(27,28)24(19)15-16/h2-15H,1H3. The van der Waals surface area contributed by atoms with Crippen molar-refractivity contribution in [1.29, 1.82) is 0 Å². The quantitative estimate of drug-likeness (QED) is 0.352. The van der Waals surface area contributed by atoms with Gasteiger partial charge in [0.05, 0.1) is 9.79 Å². The van der Waals surface area contributed by atoms with E-state index in [4.69, 9.17) is 0 Å². The molecule has 0 bridgehead atoms. The predicted molar refractivity (Wildman–Crippen MR) is 117 cm³/mol. The molecule has 0 atom stereocenters. The van der Waals surface area contributed by atoms with Crippen LogP contribution in [0.4, 0.5) is 0 Å². The molecule has 0 fully saturated rings. The maximum absolute atomic E-state index is 13.1. The number of nitrogens with zero attached hydrogens (tertiary/aromatic N) is 1. The zero-order valence-corrected chi connectivity index (χ0v) is 16.6. The monoisotopic (exact) mass is 395 g/mol. The third-order valence-corrected chi connectivity index (χ3v) is 7.84. The lowest BCUT2D eigenvalue weighted by Crippen LogP contribution is -1.96. The Morgan fingerprint density at radius 2 is 1.34 bits per heavy atom. The zero-order valence-electron chi connectivity index (χ0n) is 15.8. The summed E-state index contributed by atoms with van der Waals surface area (Å²) in [5.74, 6) is 0. The van der Waals surface area contributed by atoms with Crippen LogP contribution in [-0.4, -0.2) is 13.0 Å². The zero-order chi connectivity index (χ0) is 19.8. The molecule has 140 valence electrons. The van der Waals surface area contributed by atoms with E-state index in [-0.39, 0.29) is 0 Å². The normalized spacial score (nSPS) is 14.2. The maximum atomic E-state index is 13.1.